The van der Waals surface area contributed by atoms with Crippen LogP contribution in [0.2, 0.25) is 0 Å². The van der Waals surface area contributed by atoms with E-state index >= 15 is 0 Å². The topological polar surface area (TPSA) is 101 Å². The molecule has 0 aliphatic carbocycles. The Morgan fingerprint density at radius 1 is 0.969 bits per heavy atom. The number of alkyl carbamates (subject to hydrolysis) is 1. The molecular weight excluding hydrogens is 408 g/mol. The van der Waals surface area contributed by atoms with Crippen molar-refractivity contribution in [3.8, 4) is 0 Å². The third kappa shape index (κ3) is 10.6. The van der Waals surface area contributed by atoms with Gasteiger partial charge < -0.3 is 20.2 Å². The lowest BCUT2D eigenvalue weighted by Crippen LogP contribution is -2.24. The smallest absolute Gasteiger partial charge is 0.407 e. The molecule has 0 unspecified atom stereocenters. The van der Waals surface area contributed by atoms with E-state index in [0.29, 0.717) is 32.8 Å². The highest BCUT2D eigenvalue weighted by atomic mass is 16.7. The maximum absolute atomic E-state index is 11.7. The molecule has 0 aliphatic rings. The van der Waals surface area contributed by atoms with Crippen LogP contribution < -0.4 is 16.1 Å². The summed E-state index contributed by atoms with van der Waals surface area (Å²) >= 11 is 0. The van der Waals surface area contributed by atoms with E-state index in [2.05, 4.69) is 28.0 Å². The predicted octanol–water partition coefficient (Wildman–Crippen LogP) is 3.60. The largest absolute Gasteiger partial charge is 0.450 e. The summed E-state index contributed by atoms with van der Waals surface area (Å²) in [4.78, 5) is 31.6. The van der Waals surface area contributed by atoms with Gasteiger partial charge in [-0.1, -0.05) is 61.9 Å². The molecule has 0 spiro atoms. The van der Waals surface area contributed by atoms with Gasteiger partial charge in [-0.2, -0.15) is 0 Å². The Bertz CT molecular complexity index is 886. The fourth-order valence-electron chi connectivity index (χ4n) is 2.82. The number of hydrogen-bond donors (Lipinski definition) is 3. The van der Waals surface area contributed by atoms with Crippen LogP contribution in [0, 0.1) is 0 Å². The maximum Gasteiger partial charge on any atom is 0.407 e. The molecule has 0 fully saturated rings. The molecule has 2 rings (SSSR count). The molecule has 0 aliphatic heterocycles. The zero-order valence-electron chi connectivity index (χ0n) is 18.7. The maximum atomic E-state index is 11.7. The van der Waals surface area contributed by atoms with Crippen LogP contribution in [-0.4, -0.2) is 25.0 Å². The van der Waals surface area contributed by atoms with Crippen LogP contribution in [0.4, 0.5) is 4.79 Å². The molecule has 0 radical (unpaired) electrons. The SMILES string of the molecule is CCCCOC(=O)NCc1cccc(CN/C=N/Cc2cccc(CNOC(C)=O)c2)c1. The lowest BCUT2D eigenvalue weighted by molar-refractivity contribution is -0.148. The summed E-state index contributed by atoms with van der Waals surface area (Å²) < 4.78 is 5.10. The molecule has 0 bridgehead atoms. The highest BCUT2D eigenvalue weighted by molar-refractivity contribution is 5.67. The number of aliphatic imine (C=N–C) groups is 1. The number of benzene rings is 2. The molecule has 2 aromatic carbocycles. The van der Waals surface area contributed by atoms with Crippen LogP contribution >= 0.6 is 0 Å². The Balaban J connectivity index is 1.71. The molecule has 8 heteroatoms. The molecule has 3 N–H and O–H groups in total. The Labute approximate surface area is 189 Å². The Kier molecular flexibility index (Phi) is 11.3. The van der Waals surface area contributed by atoms with Gasteiger partial charge in [-0.3, -0.25) is 9.79 Å². The number of hydrogen-bond acceptors (Lipinski definition) is 6. The standard InChI is InChI=1S/C24H32N4O4/c1-3-4-11-31-24(30)27-16-22-9-5-7-20(12-22)14-25-18-26-15-21-8-6-10-23(13-21)17-28-32-19(2)29/h5-10,12-13,18,28H,3-4,11,14-17H2,1-2H3,(H,25,26)(H,27,30). The highest BCUT2D eigenvalue weighted by Crippen LogP contribution is 2.07. The molecule has 0 atom stereocenters. The third-order valence-corrected chi connectivity index (χ3v) is 4.41. The number of hydroxylamine groups is 1. The minimum Gasteiger partial charge on any atom is -0.450 e. The lowest BCUT2D eigenvalue weighted by atomic mass is 10.1. The first kappa shape index (κ1) is 24.9. The van der Waals surface area contributed by atoms with E-state index in [1.807, 2.05) is 48.5 Å². The molecule has 0 saturated carbocycles. The van der Waals surface area contributed by atoms with Gasteiger partial charge in [0.2, 0.25) is 0 Å². The first-order chi connectivity index (χ1) is 15.6. The fourth-order valence-corrected chi connectivity index (χ4v) is 2.82. The summed E-state index contributed by atoms with van der Waals surface area (Å²) in [5, 5.41) is 5.95. The Morgan fingerprint density at radius 3 is 2.34 bits per heavy atom. The summed E-state index contributed by atoms with van der Waals surface area (Å²) in [5.74, 6) is -0.372. The number of carbonyl (C=O) groups is 2. The highest BCUT2D eigenvalue weighted by Gasteiger charge is 2.02. The molecule has 2 aromatic rings. The van der Waals surface area contributed by atoms with E-state index in [4.69, 9.17) is 9.57 Å². The number of ether oxygens (including phenoxy) is 1. The molecule has 32 heavy (non-hydrogen) atoms. The summed E-state index contributed by atoms with van der Waals surface area (Å²) in [5.41, 5.74) is 6.79. The molecular formula is C24H32N4O4. The van der Waals surface area contributed by atoms with E-state index in [0.717, 1.165) is 35.1 Å². The molecule has 172 valence electrons. The second-order valence-electron chi connectivity index (χ2n) is 7.25. The molecule has 1 amide bonds. The second kappa shape index (κ2) is 14.6. The number of amides is 1. The van der Waals surface area contributed by atoms with Gasteiger partial charge in [-0.15, -0.1) is 5.48 Å². The van der Waals surface area contributed by atoms with Gasteiger partial charge in [-0.05, 0) is 28.7 Å². The number of rotatable bonds is 13. The summed E-state index contributed by atoms with van der Waals surface area (Å²) in [6, 6.07) is 15.9. The third-order valence-electron chi connectivity index (χ3n) is 4.41. The first-order valence-corrected chi connectivity index (χ1v) is 10.7. The van der Waals surface area contributed by atoms with E-state index in [9.17, 15) is 9.59 Å². The number of nitrogens with one attached hydrogen (secondary N) is 3. The van der Waals surface area contributed by atoms with Crippen LogP contribution in [0.1, 0.15) is 48.9 Å². The zero-order chi connectivity index (χ0) is 23.0. The fraction of sp³-hybridized carbons (Fsp3) is 0.375. The van der Waals surface area contributed by atoms with Crippen LogP contribution in [-0.2, 0) is 40.5 Å². The summed E-state index contributed by atoms with van der Waals surface area (Å²) in [6.45, 7) is 5.89. The Hall–Kier alpha value is -3.39. The van der Waals surface area contributed by atoms with Crippen LogP contribution in [0.3, 0.4) is 0 Å². The molecule has 0 heterocycles. The van der Waals surface area contributed by atoms with E-state index < -0.39 is 0 Å². The molecule has 8 nitrogen and oxygen atoms in total. The van der Waals surface area contributed by atoms with Crippen LogP contribution in [0.15, 0.2) is 53.5 Å². The van der Waals surface area contributed by atoms with Gasteiger partial charge >= 0.3 is 12.1 Å². The van der Waals surface area contributed by atoms with Crippen molar-refractivity contribution in [2.45, 2.75) is 52.9 Å². The van der Waals surface area contributed by atoms with Crippen molar-refractivity contribution in [2.75, 3.05) is 6.61 Å². The van der Waals surface area contributed by atoms with Gasteiger partial charge in [0, 0.05) is 20.0 Å². The van der Waals surface area contributed by atoms with E-state index in [1.54, 1.807) is 6.34 Å². The molecule has 0 aromatic heterocycles. The quantitative estimate of drug-likeness (QED) is 0.190. The minimum atomic E-state index is -0.389. The average Bonchev–Trinajstić information content (AvgIpc) is 2.78. The van der Waals surface area contributed by atoms with Gasteiger partial charge in [0.25, 0.3) is 0 Å². The van der Waals surface area contributed by atoms with Gasteiger partial charge in [0.15, 0.2) is 0 Å². The summed E-state index contributed by atoms with van der Waals surface area (Å²) in [6.07, 6.45) is 3.17. The van der Waals surface area contributed by atoms with Crippen molar-refractivity contribution in [3.63, 3.8) is 0 Å². The lowest BCUT2D eigenvalue weighted by Gasteiger charge is -2.08. The second-order valence-corrected chi connectivity index (χ2v) is 7.25. The van der Waals surface area contributed by atoms with Crippen molar-refractivity contribution in [2.24, 2.45) is 4.99 Å². The number of nitrogens with zero attached hydrogens (tertiary/aromatic N) is 1. The van der Waals surface area contributed by atoms with E-state index in [-0.39, 0.29) is 12.1 Å². The normalized spacial score (nSPS) is 10.7. The predicted molar refractivity (Wildman–Crippen MR) is 124 cm³/mol. The van der Waals surface area contributed by atoms with Crippen LogP contribution in [0.5, 0.6) is 0 Å². The van der Waals surface area contributed by atoms with Gasteiger partial charge in [0.05, 0.1) is 26.0 Å². The summed E-state index contributed by atoms with van der Waals surface area (Å²) in [7, 11) is 0. The Morgan fingerprint density at radius 2 is 1.62 bits per heavy atom. The van der Waals surface area contributed by atoms with Crippen molar-refractivity contribution in [1.29, 1.82) is 0 Å². The zero-order valence-corrected chi connectivity index (χ0v) is 18.7. The van der Waals surface area contributed by atoms with Crippen LogP contribution in [0.25, 0.3) is 0 Å². The van der Waals surface area contributed by atoms with Crippen molar-refractivity contribution < 1.29 is 19.2 Å². The minimum absolute atomic E-state index is 0.372. The van der Waals surface area contributed by atoms with Crippen molar-refractivity contribution in [1.82, 2.24) is 16.1 Å². The first-order valence-electron chi connectivity index (χ1n) is 10.7. The van der Waals surface area contributed by atoms with Crippen molar-refractivity contribution >= 4 is 18.4 Å². The van der Waals surface area contributed by atoms with E-state index in [1.165, 1.54) is 6.92 Å². The number of unbranched alkanes of at least 4 members (excludes halogenated alkanes) is 1. The average molecular weight is 441 g/mol. The number of carbonyl (C=O) groups excluding carboxylic acids is 2. The van der Waals surface area contributed by atoms with Gasteiger partial charge in [0.1, 0.15) is 0 Å². The molecule has 0 saturated heterocycles. The monoisotopic (exact) mass is 440 g/mol. The van der Waals surface area contributed by atoms with Crippen molar-refractivity contribution in [3.05, 3.63) is 70.8 Å². The van der Waals surface area contributed by atoms with Gasteiger partial charge in [-0.25, -0.2) is 4.79 Å².